The van der Waals surface area contributed by atoms with Crippen molar-refractivity contribution in [2.45, 2.75) is 20.8 Å². The SMILES string of the molecule is CC(C)(C)C(=O)N1CCN(C(=O)NCCOc2ccc(C#N)cc2)CC1. The second kappa shape index (κ2) is 8.56. The van der Waals surface area contributed by atoms with Crippen LogP contribution in [0.25, 0.3) is 0 Å². The molecule has 140 valence electrons. The molecule has 3 amide bonds. The van der Waals surface area contributed by atoms with Crippen LogP contribution in [0.4, 0.5) is 4.79 Å². The number of urea groups is 1. The number of benzene rings is 1. The van der Waals surface area contributed by atoms with Gasteiger partial charge in [0, 0.05) is 31.6 Å². The number of carbonyl (C=O) groups is 2. The average molecular weight is 358 g/mol. The van der Waals surface area contributed by atoms with Gasteiger partial charge in [-0.1, -0.05) is 20.8 Å². The molecule has 1 N–H and O–H groups in total. The van der Waals surface area contributed by atoms with Gasteiger partial charge in [-0.15, -0.1) is 0 Å². The molecule has 26 heavy (non-hydrogen) atoms. The smallest absolute Gasteiger partial charge is 0.317 e. The van der Waals surface area contributed by atoms with Gasteiger partial charge in [-0.3, -0.25) is 4.79 Å². The highest BCUT2D eigenvalue weighted by atomic mass is 16.5. The monoisotopic (exact) mass is 358 g/mol. The fraction of sp³-hybridized carbons (Fsp3) is 0.526. The van der Waals surface area contributed by atoms with Gasteiger partial charge in [0.15, 0.2) is 0 Å². The summed E-state index contributed by atoms with van der Waals surface area (Å²) >= 11 is 0. The zero-order chi connectivity index (χ0) is 19.2. The molecule has 1 aliphatic heterocycles. The molecule has 0 aromatic heterocycles. The van der Waals surface area contributed by atoms with Crippen LogP contribution in [0.3, 0.4) is 0 Å². The lowest BCUT2D eigenvalue weighted by Gasteiger charge is -2.37. The highest BCUT2D eigenvalue weighted by molar-refractivity contribution is 5.82. The number of carbonyl (C=O) groups excluding carboxylic acids is 2. The van der Waals surface area contributed by atoms with E-state index in [-0.39, 0.29) is 11.9 Å². The topological polar surface area (TPSA) is 85.7 Å². The van der Waals surface area contributed by atoms with Gasteiger partial charge >= 0.3 is 6.03 Å². The molecule has 1 aliphatic rings. The molecular weight excluding hydrogens is 332 g/mol. The van der Waals surface area contributed by atoms with Crippen LogP contribution < -0.4 is 10.1 Å². The third-order valence-corrected chi connectivity index (χ3v) is 4.13. The minimum atomic E-state index is -0.396. The van der Waals surface area contributed by atoms with Gasteiger partial charge < -0.3 is 19.9 Å². The summed E-state index contributed by atoms with van der Waals surface area (Å²) in [6.45, 7) is 8.64. The third-order valence-electron chi connectivity index (χ3n) is 4.13. The number of nitrogens with zero attached hydrogens (tertiary/aromatic N) is 3. The van der Waals surface area contributed by atoms with Crippen LogP contribution in [0, 0.1) is 16.7 Å². The van der Waals surface area contributed by atoms with Crippen molar-refractivity contribution in [1.82, 2.24) is 15.1 Å². The molecule has 0 saturated carbocycles. The number of amides is 3. The molecule has 1 aromatic rings. The first kappa shape index (κ1) is 19.6. The van der Waals surface area contributed by atoms with Crippen LogP contribution in [0.15, 0.2) is 24.3 Å². The quantitative estimate of drug-likeness (QED) is 0.832. The Kier molecular flexibility index (Phi) is 6.45. The zero-order valence-electron chi connectivity index (χ0n) is 15.6. The van der Waals surface area contributed by atoms with Crippen molar-refractivity contribution >= 4 is 11.9 Å². The van der Waals surface area contributed by atoms with Crippen molar-refractivity contribution in [3.05, 3.63) is 29.8 Å². The minimum Gasteiger partial charge on any atom is -0.492 e. The highest BCUT2D eigenvalue weighted by Crippen LogP contribution is 2.18. The van der Waals surface area contributed by atoms with Crippen LogP contribution in [-0.4, -0.2) is 61.1 Å². The molecule has 0 atom stereocenters. The Morgan fingerprint density at radius 3 is 2.23 bits per heavy atom. The van der Waals surface area contributed by atoms with E-state index in [4.69, 9.17) is 10.00 Å². The van der Waals surface area contributed by atoms with Crippen molar-refractivity contribution in [2.75, 3.05) is 39.3 Å². The first-order valence-electron chi connectivity index (χ1n) is 8.76. The molecule has 0 spiro atoms. The Labute approximate surface area is 154 Å². The Morgan fingerprint density at radius 2 is 1.69 bits per heavy atom. The van der Waals surface area contributed by atoms with Gasteiger partial charge in [0.2, 0.25) is 5.91 Å². The van der Waals surface area contributed by atoms with Crippen LogP contribution >= 0.6 is 0 Å². The van der Waals surface area contributed by atoms with Gasteiger partial charge in [-0.2, -0.15) is 5.26 Å². The number of piperazine rings is 1. The fourth-order valence-corrected chi connectivity index (χ4v) is 2.65. The van der Waals surface area contributed by atoms with Crippen LogP contribution in [-0.2, 0) is 4.79 Å². The van der Waals surface area contributed by atoms with E-state index in [9.17, 15) is 9.59 Å². The Hall–Kier alpha value is -2.75. The van der Waals surface area contributed by atoms with E-state index < -0.39 is 5.41 Å². The van der Waals surface area contributed by atoms with E-state index in [0.29, 0.717) is 50.6 Å². The van der Waals surface area contributed by atoms with E-state index in [1.807, 2.05) is 31.7 Å². The Morgan fingerprint density at radius 1 is 1.12 bits per heavy atom. The maximum atomic E-state index is 12.3. The van der Waals surface area contributed by atoms with E-state index in [0.717, 1.165) is 0 Å². The number of hydrogen-bond acceptors (Lipinski definition) is 4. The third kappa shape index (κ3) is 5.38. The number of rotatable bonds is 4. The van der Waals surface area contributed by atoms with E-state index >= 15 is 0 Å². The van der Waals surface area contributed by atoms with Gasteiger partial charge in [-0.05, 0) is 24.3 Å². The van der Waals surface area contributed by atoms with Gasteiger partial charge in [0.25, 0.3) is 0 Å². The minimum absolute atomic E-state index is 0.119. The van der Waals surface area contributed by atoms with E-state index in [2.05, 4.69) is 5.32 Å². The summed E-state index contributed by atoms with van der Waals surface area (Å²) in [6, 6.07) is 8.74. The van der Waals surface area contributed by atoms with Gasteiger partial charge in [0.1, 0.15) is 12.4 Å². The maximum absolute atomic E-state index is 12.3. The molecule has 0 aliphatic carbocycles. The summed E-state index contributed by atoms with van der Waals surface area (Å²) in [5, 5.41) is 11.6. The molecule has 1 fully saturated rings. The summed E-state index contributed by atoms with van der Waals surface area (Å²) in [4.78, 5) is 28.0. The van der Waals surface area contributed by atoms with Crippen LogP contribution in [0.5, 0.6) is 5.75 Å². The molecule has 1 aromatic carbocycles. The van der Waals surface area contributed by atoms with Crippen molar-refractivity contribution in [2.24, 2.45) is 5.41 Å². The average Bonchev–Trinajstić information content (AvgIpc) is 2.64. The second-order valence-electron chi connectivity index (χ2n) is 7.25. The van der Waals surface area contributed by atoms with Crippen molar-refractivity contribution in [1.29, 1.82) is 5.26 Å². The lowest BCUT2D eigenvalue weighted by molar-refractivity contribution is -0.140. The van der Waals surface area contributed by atoms with Gasteiger partial charge in [-0.25, -0.2) is 4.79 Å². The fourth-order valence-electron chi connectivity index (χ4n) is 2.65. The first-order chi connectivity index (χ1) is 12.3. The number of hydrogen-bond donors (Lipinski definition) is 1. The summed E-state index contributed by atoms with van der Waals surface area (Å²) in [5.41, 5.74) is 0.183. The molecule has 0 unspecified atom stereocenters. The first-order valence-corrected chi connectivity index (χ1v) is 8.76. The number of ether oxygens (including phenoxy) is 1. The standard InChI is InChI=1S/C19H26N4O3/c1-19(2,3)17(24)22-9-11-23(12-10-22)18(25)21-8-13-26-16-6-4-15(14-20)5-7-16/h4-7H,8-13H2,1-3H3,(H,21,25). The maximum Gasteiger partial charge on any atom is 0.317 e. The lowest BCUT2D eigenvalue weighted by Crippen LogP contribution is -2.55. The molecule has 0 bridgehead atoms. The molecule has 7 heteroatoms. The molecule has 1 heterocycles. The normalized spacial score (nSPS) is 14.5. The molecule has 1 saturated heterocycles. The van der Waals surface area contributed by atoms with E-state index in [1.165, 1.54) is 0 Å². The molecular formula is C19H26N4O3. The predicted molar refractivity (Wildman–Crippen MR) is 97.7 cm³/mol. The van der Waals surface area contributed by atoms with Crippen LogP contribution in [0.1, 0.15) is 26.3 Å². The highest BCUT2D eigenvalue weighted by Gasteiger charge is 2.30. The Balaban J connectivity index is 1.67. The summed E-state index contributed by atoms with van der Waals surface area (Å²) < 4.78 is 5.53. The second-order valence-corrected chi connectivity index (χ2v) is 7.25. The molecule has 2 rings (SSSR count). The zero-order valence-corrected chi connectivity index (χ0v) is 15.6. The Bertz CT molecular complexity index is 666. The number of nitrogens with one attached hydrogen (secondary N) is 1. The van der Waals surface area contributed by atoms with Crippen molar-refractivity contribution < 1.29 is 14.3 Å². The van der Waals surface area contributed by atoms with Crippen molar-refractivity contribution in [3.8, 4) is 11.8 Å². The lowest BCUT2D eigenvalue weighted by atomic mass is 9.94. The number of nitriles is 1. The van der Waals surface area contributed by atoms with Crippen molar-refractivity contribution in [3.63, 3.8) is 0 Å². The largest absolute Gasteiger partial charge is 0.492 e. The molecule has 7 nitrogen and oxygen atoms in total. The van der Waals surface area contributed by atoms with Gasteiger partial charge in [0.05, 0.1) is 18.2 Å². The summed E-state index contributed by atoms with van der Waals surface area (Å²) in [5.74, 6) is 0.779. The van der Waals surface area contributed by atoms with Crippen LogP contribution in [0.2, 0.25) is 0 Å². The molecule has 0 radical (unpaired) electrons. The van der Waals surface area contributed by atoms with E-state index in [1.54, 1.807) is 29.2 Å². The summed E-state index contributed by atoms with van der Waals surface area (Å²) in [6.07, 6.45) is 0. The predicted octanol–water partition coefficient (Wildman–Crippen LogP) is 1.84. The summed E-state index contributed by atoms with van der Waals surface area (Å²) in [7, 11) is 0.